The summed E-state index contributed by atoms with van der Waals surface area (Å²) in [5.41, 5.74) is 4.53. The molecule has 0 saturated heterocycles. The average Bonchev–Trinajstić information content (AvgIpc) is 3.29. The van der Waals surface area contributed by atoms with E-state index >= 15 is 0 Å². The topological polar surface area (TPSA) is 77.5 Å². The van der Waals surface area contributed by atoms with E-state index in [0.29, 0.717) is 26.1 Å². The van der Waals surface area contributed by atoms with Crippen LogP contribution in [0.2, 0.25) is 0 Å². The number of carbonyl (C=O) groups excluding carboxylic acids is 2. The maximum atomic E-state index is 12.8. The highest BCUT2D eigenvalue weighted by Crippen LogP contribution is 2.33. The second kappa shape index (κ2) is 11.3. The van der Waals surface area contributed by atoms with Crippen LogP contribution in [0.1, 0.15) is 73.8 Å². The van der Waals surface area contributed by atoms with Crippen molar-refractivity contribution in [2.24, 2.45) is 0 Å². The normalized spacial score (nSPS) is 15.1. The summed E-state index contributed by atoms with van der Waals surface area (Å²) in [6.07, 6.45) is 6.85. The van der Waals surface area contributed by atoms with Crippen LogP contribution < -0.4 is 10.1 Å². The molecule has 0 fully saturated rings. The van der Waals surface area contributed by atoms with Gasteiger partial charge >= 0.3 is 5.97 Å². The Balaban J connectivity index is 1.29. The van der Waals surface area contributed by atoms with Crippen molar-refractivity contribution in [3.63, 3.8) is 0 Å². The SMILES string of the molecule is CCOC(=O)C[C@H](CC(=O)CCCCc1ccc2c(n1)NCCC2)c1ccc2c(c1)OCC2. The summed E-state index contributed by atoms with van der Waals surface area (Å²) in [7, 11) is 0. The average molecular weight is 451 g/mol. The molecule has 0 saturated carbocycles. The Morgan fingerprint density at radius 3 is 2.88 bits per heavy atom. The van der Waals surface area contributed by atoms with Gasteiger partial charge in [-0.2, -0.15) is 0 Å². The Bertz CT molecular complexity index is 988. The van der Waals surface area contributed by atoms with Crippen molar-refractivity contribution in [3.8, 4) is 5.75 Å². The van der Waals surface area contributed by atoms with E-state index in [9.17, 15) is 9.59 Å². The predicted molar refractivity (Wildman–Crippen MR) is 128 cm³/mol. The number of benzene rings is 1. The fourth-order valence-electron chi connectivity index (χ4n) is 4.68. The molecule has 6 heteroatoms. The second-order valence-corrected chi connectivity index (χ2v) is 8.96. The van der Waals surface area contributed by atoms with Crippen LogP contribution in [-0.2, 0) is 33.6 Å². The lowest BCUT2D eigenvalue weighted by molar-refractivity contribution is -0.143. The Kier molecular flexibility index (Phi) is 7.97. The van der Waals surface area contributed by atoms with E-state index in [1.807, 2.05) is 12.1 Å². The third-order valence-electron chi connectivity index (χ3n) is 6.47. The number of Topliss-reactive ketones (excluding diaryl/α,β-unsaturated/α-hetero) is 1. The van der Waals surface area contributed by atoms with Gasteiger partial charge in [0.15, 0.2) is 0 Å². The number of aryl methyl sites for hydroxylation is 2. The molecule has 0 amide bonds. The van der Waals surface area contributed by atoms with E-state index in [-0.39, 0.29) is 24.1 Å². The molecule has 6 nitrogen and oxygen atoms in total. The number of hydrogen-bond acceptors (Lipinski definition) is 6. The number of unbranched alkanes of at least 4 members (excludes halogenated alkanes) is 1. The number of hydrogen-bond donors (Lipinski definition) is 1. The molecule has 1 N–H and O–H groups in total. The zero-order valence-corrected chi connectivity index (χ0v) is 19.5. The highest BCUT2D eigenvalue weighted by atomic mass is 16.5. The molecule has 176 valence electrons. The smallest absolute Gasteiger partial charge is 0.306 e. The second-order valence-electron chi connectivity index (χ2n) is 8.96. The van der Waals surface area contributed by atoms with Crippen LogP contribution in [0.25, 0.3) is 0 Å². The van der Waals surface area contributed by atoms with E-state index in [2.05, 4.69) is 23.5 Å². The zero-order valence-electron chi connectivity index (χ0n) is 19.5. The van der Waals surface area contributed by atoms with Crippen LogP contribution in [0.4, 0.5) is 5.82 Å². The quantitative estimate of drug-likeness (QED) is 0.392. The summed E-state index contributed by atoms with van der Waals surface area (Å²) in [5.74, 6) is 1.64. The van der Waals surface area contributed by atoms with Crippen LogP contribution in [0.3, 0.4) is 0 Å². The molecule has 1 atom stereocenters. The number of aromatic nitrogens is 1. The first-order chi connectivity index (χ1) is 16.1. The van der Waals surface area contributed by atoms with Crippen molar-refractivity contribution in [1.82, 2.24) is 4.98 Å². The molecular formula is C27H34N2O4. The van der Waals surface area contributed by atoms with Crippen molar-refractivity contribution >= 4 is 17.6 Å². The van der Waals surface area contributed by atoms with E-state index in [0.717, 1.165) is 67.9 Å². The lowest BCUT2D eigenvalue weighted by Crippen LogP contribution is -2.14. The zero-order chi connectivity index (χ0) is 23.0. The molecule has 2 aliphatic rings. The molecular weight excluding hydrogens is 416 g/mol. The number of rotatable bonds is 11. The minimum Gasteiger partial charge on any atom is -0.493 e. The minimum absolute atomic E-state index is 0.181. The first kappa shape index (κ1) is 23.3. The first-order valence-corrected chi connectivity index (χ1v) is 12.3. The number of anilines is 1. The van der Waals surface area contributed by atoms with Gasteiger partial charge in [0.25, 0.3) is 0 Å². The summed E-state index contributed by atoms with van der Waals surface area (Å²) in [6, 6.07) is 10.4. The molecule has 4 rings (SSSR count). The maximum absolute atomic E-state index is 12.8. The van der Waals surface area contributed by atoms with Gasteiger partial charge in [0.1, 0.15) is 17.4 Å². The molecule has 0 radical (unpaired) electrons. The summed E-state index contributed by atoms with van der Waals surface area (Å²) >= 11 is 0. The Hall–Kier alpha value is -2.89. The minimum atomic E-state index is -0.260. The Morgan fingerprint density at radius 1 is 1.12 bits per heavy atom. The number of esters is 1. The Morgan fingerprint density at radius 2 is 2.00 bits per heavy atom. The fourth-order valence-corrected chi connectivity index (χ4v) is 4.68. The monoisotopic (exact) mass is 450 g/mol. The number of nitrogens with one attached hydrogen (secondary N) is 1. The van der Waals surface area contributed by atoms with Crippen molar-refractivity contribution < 1.29 is 19.1 Å². The van der Waals surface area contributed by atoms with Crippen LogP contribution in [0.15, 0.2) is 30.3 Å². The van der Waals surface area contributed by atoms with E-state index in [1.54, 1.807) is 6.92 Å². The van der Waals surface area contributed by atoms with Gasteiger partial charge in [-0.25, -0.2) is 4.98 Å². The summed E-state index contributed by atoms with van der Waals surface area (Å²) in [4.78, 5) is 29.7. The van der Waals surface area contributed by atoms with Gasteiger partial charge < -0.3 is 14.8 Å². The molecule has 0 spiro atoms. The summed E-state index contributed by atoms with van der Waals surface area (Å²) < 4.78 is 10.9. The van der Waals surface area contributed by atoms with Crippen molar-refractivity contribution in [2.45, 2.75) is 70.6 Å². The molecule has 2 aliphatic heterocycles. The van der Waals surface area contributed by atoms with Crippen molar-refractivity contribution in [2.75, 3.05) is 25.1 Å². The number of nitrogens with zero attached hydrogens (tertiary/aromatic N) is 1. The Labute approximate surface area is 196 Å². The van der Waals surface area contributed by atoms with Gasteiger partial charge in [-0.05, 0) is 67.9 Å². The van der Waals surface area contributed by atoms with Crippen LogP contribution >= 0.6 is 0 Å². The van der Waals surface area contributed by atoms with Gasteiger partial charge in [-0.1, -0.05) is 18.2 Å². The van der Waals surface area contributed by atoms with Gasteiger partial charge in [0.05, 0.1) is 19.6 Å². The number of pyridine rings is 1. The largest absolute Gasteiger partial charge is 0.493 e. The van der Waals surface area contributed by atoms with E-state index < -0.39 is 0 Å². The molecule has 0 aliphatic carbocycles. The molecule has 3 heterocycles. The predicted octanol–water partition coefficient (Wildman–Crippen LogP) is 4.78. The highest BCUT2D eigenvalue weighted by molar-refractivity contribution is 5.80. The lowest BCUT2D eigenvalue weighted by atomic mass is 9.88. The summed E-state index contributed by atoms with van der Waals surface area (Å²) in [6.45, 7) is 3.82. The molecule has 0 unspecified atom stereocenters. The van der Waals surface area contributed by atoms with Gasteiger partial charge in [0, 0.05) is 37.4 Å². The molecule has 1 aromatic heterocycles. The number of carbonyl (C=O) groups is 2. The van der Waals surface area contributed by atoms with Gasteiger partial charge in [-0.3, -0.25) is 9.59 Å². The van der Waals surface area contributed by atoms with Gasteiger partial charge in [-0.15, -0.1) is 0 Å². The summed E-state index contributed by atoms with van der Waals surface area (Å²) in [5, 5.41) is 3.38. The van der Waals surface area contributed by atoms with Gasteiger partial charge in [0.2, 0.25) is 0 Å². The molecule has 0 bridgehead atoms. The number of ketones is 1. The van der Waals surface area contributed by atoms with E-state index in [4.69, 9.17) is 14.5 Å². The maximum Gasteiger partial charge on any atom is 0.306 e. The van der Waals surface area contributed by atoms with E-state index in [1.165, 1.54) is 11.1 Å². The number of fused-ring (bicyclic) bond motifs is 2. The lowest BCUT2D eigenvalue weighted by Gasteiger charge is -2.17. The van der Waals surface area contributed by atoms with Crippen LogP contribution in [0, 0.1) is 0 Å². The third kappa shape index (κ3) is 6.34. The van der Waals surface area contributed by atoms with Crippen LogP contribution in [0.5, 0.6) is 5.75 Å². The molecule has 2 aromatic rings. The van der Waals surface area contributed by atoms with Crippen LogP contribution in [-0.4, -0.2) is 36.5 Å². The fraction of sp³-hybridized carbons (Fsp3) is 0.519. The van der Waals surface area contributed by atoms with Crippen molar-refractivity contribution in [1.29, 1.82) is 0 Å². The number of ether oxygens (including phenoxy) is 2. The first-order valence-electron chi connectivity index (χ1n) is 12.3. The third-order valence-corrected chi connectivity index (χ3v) is 6.47. The highest BCUT2D eigenvalue weighted by Gasteiger charge is 2.23. The molecule has 33 heavy (non-hydrogen) atoms. The van der Waals surface area contributed by atoms with Crippen molar-refractivity contribution in [3.05, 3.63) is 52.7 Å². The standard InChI is InChI=1S/C27H34N2O4/c1-2-32-26(31)18-22(21-10-9-19-13-15-33-25(19)17-21)16-24(30)8-4-3-7-23-12-11-20-6-5-14-28-27(20)29-23/h9-12,17,22H,2-8,13-16,18H2,1H3,(H,28,29)/t22-/m0/s1. The molecule has 1 aromatic carbocycles.